The first kappa shape index (κ1) is 17.2. The fraction of sp³-hybridized carbons (Fsp3) is 0.529. The third-order valence-electron chi connectivity index (χ3n) is 4.15. The molecule has 1 aliphatic rings. The maximum atomic E-state index is 12.8. The lowest BCUT2D eigenvalue weighted by atomic mass is 10.2. The Labute approximate surface area is 145 Å². The molecular weight excluding hydrogens is 324 g/mol. The topological polar surface area (TPSA) is 101 Å². The van der Waals surface area contributed by atoms with Crippen molar-refractivity contribution >= 4 is 11.8 Å². The lowest BCUT2D eigenvalue weighted by molar-refractivity contribution is -0.119. The highest BCUT2D eigenvalue weighted by Crippen LogP contribution is 2.32. The lowest BCUT2D eigenvalue weighted by Gasteiger charge is -2.20. The van der Waals surface area contributed by atoms with Gasteiger partial charge in [0, 0.05) is 19.4 Å². The van der Waals surface area contributed by atoms with E-state index in [0.717, 1.165) is 12.8 Å². The van der Waals surface area contributed by atoms with E-state index in [9.17, 15) is 9.59 Å². The smallest absolute Gasteiger partial charge is 0.290 e. The molecule has 0 unspecified atom stereocenters. The second kappa shape index (κ2) is 7.08. The number of amides is 2. The second-order valence-electron chi connectivity index (χ2n) is 6.48. The molecule has 25 heavy (non-hydrogen) atoms. The van der Waals surface area contributed by atoms with E-state index < -0.39 is 0 Å². The van der Waals surface area contributed by atoms with Crippen LogP contribution in [0.5, 0.6) is 0 Å². The summed E-state index contributed by atoms with van der Waals surface area (Å²) in [5.41, 5.74) is 0. The van der Waals surface area contributed by atoms with Crippen LogP contribution in [0.1, 0.15) is 73.6 Å². The molecule has 2 aromatic rings. The Morgan fingerprint density at radius 1 is 1.40 bits per heavy atom. The largest absolute Gasteiger partial charge is 0.454 e. The molecule has 1 saturated heterocycles. The van der Waals surface area contributed by atoms with Crippen molar-refractivity contribution in [3.63, 3.8) is 0 Å². The maximum absolute atomic E-state index is 12.8. The predicted octanol–water partition coefficient (Wildman–Crippen LogP) is 2.40. The molecule has 3 rings (SSSR count). The van der Waals surface area contributed by atoms with Gasteiger partial charge in [0.15, 0.2) is 11.6 Å². The van der Waals surface area contributed by atoms with Crippen molar-refractivity contribution in [3.8, 4) is 0 Å². The number of nitrogens with zero attached hydrogens (tertiary/aromatic N) is 3. The predicted molar refractivity (Wildman–Crippen MR) is 87.6 cm³/mol. The van der Waals surface area contributed by atoms with Gasteiger partial charge in [-0.3, -0.25) is 9.59 Å². The number of likely N-dealkylation sites (tertiary alicyclic amines) is 1. The van der Waals surface area contributed by atoms with Gasteiger partial charge in [0.2, 0.25) is 11.8 Å². The van der Waals surface area contributed by atoms with Gasteiger partial charge in [-0.1, -0.05) is 19.0 Å². The molecule has 0 aliphatic carbocycles. The van der Waals surface area contributed by atoms with Crippen molar-refractivity contribution < 1.29 is 18.5 Å². The zero-order valence-corrected chi connectivity index (χ0v) is 14.6. The standard InChI is InChI=1S/C17H22N4O4/c1-10(2)16-19-15(20-25-16)13-5-4-8-21(13)17(23)14-7-6-12(24-14)9-18-11(3)22/h6-7,10,13H,4-5,8-9H2,1-3H3,(H,18,22)/t13-/m1/s1. The van der Waals surface area contributed by atoms with Crippen LogP contribution < -0.4 is 5.32 Å². The van der Waals surface area contributed by atoms with Crippen molar-refractivity contribution in [2.75, 3.05) is 6.54 Å². The van der Waals surface area contributed by atoms with Crippen LogP contribution >= 0.6 is 0 Å². The van der Waals surface area contributed by atoms with Gasteiger partial charge in [0.05, 0.1) is 12.6 Å². The molecule has 134 valence electrons. The number of nitrogens with one attached hydrogen (secondary N) is 1. The van der Waals surface area contributed by atoms with Crippen molar-refractivity contribution in [1.82, 2.24) is 20.4 Å². The van der Waals surface area contributed by atoms with Gasteiger partial charge in [-0.2, -0.15) is 4.98 Å². The molecular formula is C17H22N4O4. The number of carbonyl (C=O) groups excluding carboxylic acids is 2. The molecule has 3 heterocycles. The van der Waals surface area contributed by atoms with Gasteiger partial charge in [-0.15, -0.1) is 0 Å². The van der Waals surface area contributed by atoms with Crippen LogP contribution in [0.15, 0.2) is 21.1 Å². The summed E-state index contributed by atoms with van der Waals surface area (Å²) in [7, 11) is 0. The number of rotatable bonds is 5. The third-order valence-corrected chi connectivity index (χ3v) is 4.15. The quantitative estimate of drug-likeness (QED) is 0.892. The lowest BCUT2D eigenvalue weighted by Crippen LogP contribution is -2.30. The summed E-state index contributed by atoms with van der Waals surface area (Å²) < 4.78 is 10.8. The number of furan rings is 1. The molecule has 1 fully saturated rings. The van der Waals surface area contributed by atoms with E-state index in [4.69, 9.17) is 8.94 Å². The van der Waals surface area contributed by atoms with E-state index >= 15 is 0 Å². The normalized spacial score (nSPS) is 17.3. The van der Waals surface area contributed by atoms with Crippen LogP contribution in [-0.2, 0) is 11.3 Å². The van der Waals surface area contributed by atoms with Crippen molar-refractivity contribution in [1.29, 1.82) is 0 Å². The summed E-state index contributed by atoms with van der Waals surface area (Å²) in [5.74, 6) is 1.70. The van der Waals surface area contributed by atoms with E-state index in [1.165, 1.54) is 6.92 Å². The summed E-state index contributed by atoms with van der Waals surface area (Å²) in [5, 5.41) is 6.68. The highest BCUT2D eigenvalue weighted by atomic mass is 16.5. The Morgan fingerprint density at radius 2 is 2.20 bits per heavy atom. The molecule has 0 spiro atoms. The minimum Gasteiger partial charge on any atom is -0.454 e. The zero-order valence-electron chi connectivity index (χ0n) is 14.6. The third kappa shape index (κ3) is 3.72. The van der Waals surface area contributed by atoms with Gasteiger partial charge in [-0.25, -0.2) is 0 Å². The van der Waals surface area contributed by atoms with Gasteiger partial charge >= 0.3 is 0 Å². The minimum atomic E-state index is -0.201. The molecule has 8 heteroatoms. The SMILES string of the molecule is CC(=O)NCc1ccc(C(=O)N2CCC[C@@H]2c2noc(C(C)C)n2)o1. The summed E-state index contributed by atoms with van der Waals surface area (Å²) >= 11 is 0. The van der Waals surface area contributed by atoms with Crippen molar-refractivity contribution in [2.24, 2.45) is 0 Å². The number of hydrogen-bond donors (Lipinski definition) is 1. The minimum absolute atomic E-state index is 0.146. The highest BCUT2D eigenvalue weighted by molar-refractivity contribution is 5.92. The van der Waals surface area contributed by atoms with Crippen LogP contribution in [0.25, 0.3) is 0 Å². The summed E-state index contributed by atoms with van der Waals surface area (Å²) in [4.78, 5) is 29.9. The molecule has 2 amide bonds. The van der Waals surface area contributed by atoms with Gasteiger partial charge in [0.25, 0.3) is 5.91 Å². The molecule has 8 nitrogen and oxygen atoms in total. The second-order valence-corrected chi connectivity index (χ2v) is 6.48. The molecule has 2 aromatic heterocycles. The Kier molecular flexibility index (Phi) is 4.87. The first-order valence-electron chi connectivity index (χ1n) is 8.43. The van der Waals surface area contributed by atoms with Gasteiger partial charge in [0.1, 0.15) is 5.76 Å². The van der Waals surface area contributed by atoms with E-state index in [1.54, 1.807) is 17.0 Å². The number of aromatic nitrogens is 2. The van der Waals surface area contributed by atoms with Crippen LogP contribution in [0.4, 0.5) is 0 Å². The number of hydrogen-bond acceptors (Lipinski definition) is 6. The van der Waals surface area contributed by atoms with Crippen LogP contribution in [0.3, 0.4) is 0 Å². The molecule has 0 saturated carbocycles. The summed E-state index contributed by atoms with van der Waals surface area (Å²) in [6.45, 7) is 6.27. The van der Waals surface area contributed by atoms with E-state index in [0.29, 0.717) is 24.0 Å². The van der Waals surface area contributed by atoms with E-state index in [-0.39, 0.29) is 36.1 Å². The van der Waals surface area contributed by atoms with E-state index in [1.807, 2.05) is 13.8 Å². The molecule has 1 aliphatic heterocycles. The zero-order chi connectivity index (χ0) is 18.0. The summed E-state index contributed by atoms with van der Waals surface area (Å²) in [6.07, 6.45) is 1.67. The highest BCUT2D eigenvalue weighted by Gasteiger charge is 2.35. The Balaban J connectivity index is 1.73. The summed E-state index contributed by atoms with van der Waals surface area (Å²) in [6, 6.07) is 3.12. The van der Waals surface area contributed by atoms with Crippen LogP contribution in [0, 0.1) is 0 Å². The Bertz CT molecular complexity index is 764. The van der Waals surface area contributed by atoms with Gasteiger partial charge < -0.3 is 19.2 Å². The molecule has 0 bridgehead atoms. The van der Waals surface area contributed by atoms with Crippen LogP contribution in [-0.4, -0.2) is 33.4 Å². The Hall–Kier alpha value is -2.64. The molecule has 1 atom stereocenters. The van der Waals surface area contributed by atoms with E-state index in [2.05, 4.69) is 15.5 Å². The van der Waals surface area contributed by atoms with Crippen molar-refractivity contribution in [2.45, 2.75) is 52.1 Å². The fourth-order valence-electron chi connectivity index (χ4n) is 2.84. The maximum Gasteiger partial charge on any atom is 0.290 e. The first-order chi connectivity index (χ1) is 12.0. The Morgan fingerprint density at radius 3 is 2.88 bits per heavy atom. The average molecular weight is 346 g/mol. The fourth-order valence-corrected chi connectivity index (χ4v) is 2.84. The van der Waals surface area contributed by atoms with Crippen LogP contribution in [0.2, 0.25) is 0 Å². The molecule has 1 N–H and O–H groups in total. The monoisotopic (exact) mass is 346 g/mol. The first-order valence-corrected chi connectivity index (χ1v) is 8.43. The van der Waals surface area contributed by atoms with Crippen molar-refractivity contribution in [3.05, 3.63) is 35.4 Å². The molecule has 0 aromatic carbocycles. The molecule has 0 radical (unpaired) electrons. The number of carbonyl (C=O) groups is 2. The van der Waals surface area contributed by atoms with Gasteiger partial charge in [-0.05, 0) is 25.0 Å². The average Bonchev–Trinajstić information content (AvgIpc) is 3.30.